The summed E-state index contributed by atoms with van der Waals surface area (Å²) in [4.78, 5) is 11.4. The van der Waals surface area contributed by atoms with Crippen LogP contribution in [0.5, 0.6) is 5.75 Å². The first-order chi connectivity index (χ1) is 6.74. The van der Waals surface area contributed by atoms with Gasteiger partial charge in [-0.1, -0.05) is 25.1 Å². The number of rotatable bonds is 2. The first-order valence-electron chi connectivity index (χ1n) is 4.70. The van der Waals surface area contributed by atoms with Crippen molar-refractivity contribution in [3.05, 3.63) is 29.8 Å². The lowest BCUT2D eigenvalue weighted by molar-refractivity contribution is -0.128. The summed E-state index contributed by atoms with van der Waals surface area (Å²) in [6.07, 6.45) is -1.13. The van der Waals surface area contributed by atoms with Crippen LogP contribution < -0.4 is 4.74 Å². The number of carbonyl (C=O) groups is 1. The van der Waals surface area contributed by atoms with E-state index in [4.69, 9.17) is 4.74 Å². The van der Waals surface area contributed by atoms with Crippen LogP contribution in [-0.2, 0) is 4.79 Å². The van der Waals surface area contributed by atoms with Crippen LogP contribution in [0, 0.1) is 0 Å². The van der Waals surface area contributed by atoms with Gasteiger partial charge in [-0.2, -0.15) is 0 Å². The van der Waals surface area contributed by atoms with Gasteiger partial charge >= 0.3 is 0 Å². The van der Waals surface area contributed by atoms with Crippen LogP contribution in [0.2, 0.25) is 0 Å². The summed E-state index contributed by atoms with van der Waals surface area (Å²) in [5, 5.41) is 9.80. The molecule has 3 nitrogen and oxygen atoms in total. The molecule has 74 valence electrons. The van der Waals surface area contributed by atoms with E-state index in [0.29, 0.717) is 17.7 Å². The van der Waals surface area contributed by atoms with Gasteiger partial charge in [-0.05, 0) is 6.07 Å². The number of Topliss-reactive ketones (excluding diaryl/α,β-unsaturated/α-hetero) is 1. The second-order valence-corrected chi connectivity index (χ2v) is 3.34. The number of ketones is 1. The van der Waals surface area contributed by atoms with E-state index < -0.39 is 12.2 Å². The van der Waals surface area contributed by atoms with Crippen molar-refractivity contribution in [2.45, 2.75) is 25.6 Å². The second-order valence-electron chi connectivity index (χ2n) is 3.34. The Labute approximate surface area is 82.3 Å². The average molecular weight is 192 g/mol. The van der Waals surface area contributed by atoms with E-state index in [1.807, 2.05) is 12.1 Å². The minimum Gasteiger partial charge on any atom is -0.479 e. The summed E-state index contributed by atoms with van der Waals surface area (Å²) in [7, 11) is 0. The minimum atomic E-state index is -0.807. The van der Waals surface area contributed by atoms with Crippen LogP contribution in [0.4, 0.5) is 0 Å². The molecule has 1 N–H and O–H groups in total. The van der Waals surface area contributed by atoms with Crippen molar-refractivity contribution < 1.29 is 14.6 Å². The third kappa shape index (κ3) is 1.30. The number of hydrogen-bond acceptors (Lipinski definition) is 3. The fraction of sp³-hybridized carbons (Fsp3) is 0.364. The number of ether oxygens (including phenoxy) is 1. The van der Waals surface area contributed by atoms with E-state index in [2.05, 4.69) is 0 Å². The van der Waals surface area contributed by atoms with E-state index in [0.717, 1.165) is 0 Å². The zero-order valence-corrected chi connectivity index (χ0v) is 7.93. The summed E-state index contributed by atoms with van der Waals surface area (Å²) in [6.45, 7) is 1.77. The van der Waals surface area contributed by atoms with Crippen LogP contribution in [0.3, 0.4) is 0 Å². The molecular weight excluding hydrogens is 180 g/mol. The van der Waals surface area contributed by atoms with Gasteiger partial charge in [0.15, 0.2) is 11.9 Å². The van der Waals surface area contributed by atoms with Gasteiger partial charge in [0.25, 0.3) is 0 Å². The SMILES string of the molecule is CCC(=O)C1Oc2ccccc2C1O. The quantitative estimate of drug-likeness (QED) is 0.771. The molecule has 0 aromatic heterocycles. The van der Waals surface area contributed by atoms with Gasteiger partial charge in [-0.3, -0.25) is 4.79 Å². The first kappa shape index (κ1) is 9.21. The molecule has 1 aliphatic heterocycles. The van der Waals surface area contributed by atoms with Crippen molar-refractivity contribution in [2.75, 3.05) is 0 Å². The highest BCUT2D eigenvalue weighted by molar-refractivity contribution is 5.85. The Hall–Kier alpha value is -1.35. The van der Waals surface area contributed by atoms with E-state index in [-0.39, 0.29) is 5.78 Å². The zero-order valence-electron chi connectivity index (χ0n) is 7.93. The molecule has 1 aromatic rings. The van der Waals surface area contributed by atoms with Crippen molar-refractivity contribution >= 4 is 5.78 Å². The fourth-order valence-electron chi connectivity index (χ4n) is 1.64. The minimum absolute atomic E-state index is 0.0614. The molecule has 1 heterocycles. The highest BCUT2D eigenvalue weighted by Crippen LogP contribution is 2.36. The second kappa shape index (κ2) is 3.42. The monoisotopic (exact) mass is 192 g/mol. The lowest BCUT2D eigenvalue weighted by Crippen LogP contribution is -2.28. The Morgan fingerprint density at radius 1 is 1.50 bits per heavy atom. The molecule has 0 fully saturated rings. The molecule has 0 saturated heterocycles. The van der Waals surface area contributed by atoms with E-state index in [1.165, 1.54) is 0 Å². The van der Waals surface area contributed by atoms with Crippen molar-refractivity contribution in [3.63, 3.8) is 0 Å². The van der Waals surface area contributed by atoms with Crippen molar-refractivity contribution in [3.8, 4) is 5.75 Å². The number of carbonyl (C=O) groups excluding carboxylic acids is 1. The molecule has 0 saturated carbocycles. The maximum absolute atomic E-state index is 11.4. The summed E-state index contributed by atoms with van der Waals surface area (Å²) in [5.74, 6) is 0.556. The fourth-order valence-corrected chi connectivity index (χ4v) is 1.64. The standard InChI is InChI=1S/C11H12O3/c1-2-8(12)11-10(13)7-5-3-4-6-9(7)14-11/h3-6,10-11,13H,2H2,1H3. The largest absolute Gasteiger partial charge is 0.479 e. The Bertz CT molecular complexity index is 359. The van der Waals surface area contributed by atoms with Gasteiger partial charge < -0.3 is 9.84 Å². The third-order valence-electron chi connectivity index (χ3n) is 2.44. The molecule has 2 rings (SSSR count). The van der Waals surface area contributed by atoms with Crippen LogP contribution in [0.15, 0.2) is 24.3 Å². The Kier molecular flexibility index (Phi) is 2.25. The van der Waals surface area contributed by atoms with Gasteiger partial charge in [0, 0.05) is 12.0 Å². The molecule has 0 bridgehead atoms. The highest BCUT2D eigenvalue weighted by atomic mass is 16.5. The molecule has 0 aliphatic carbocycles. The number of fused-ring (bicyclic) bond motifs is 1. The number of aliphatic hydroxyl groups excluding tert-OH is 1. The third-order valence-corrected chi connectivity index (χ3v) is 2.44. The van der Waals surface area contributed by atoms with E-state index in [1.54, 1.807) is 19.1 Å². The molecule has 0 spiro atoms. The van der Waals surface area contributed by atoms with Gasteiger partial charge in [0.1, 0.15) is 11.9 Å². The number of benzene rings is 1. The Balaban J connectivity index is 2.30. The Morgan fingerprint density at radius 3 is 2.86 bits per heavy atom. The predicted molar refractivity (Wildman–Crippen MR) is 51.1 cm³/mol. The maximum atomic E-state index is 11.4. The Morgan fingerprint density at radius 2 is 2.21 bits per heavy atom. The number of hydrogen-bond donors (Lipinski definition) is 1. The predicted octanol–water partition coefficient (Wildman–Crippen LogP) is 1.46. The molecule has 0 amide bonds. The lowest BCUT2D eigenvalue weighted by Gasteiger charge is -2.11. The van der Waals surface area contributed by atoms with Crippen LogP contribution in [0.1, 0.15) is 25.0 Å². The van der Waals surface area contributed by atoms with Crippen LogP contribution >= 0.6 is 0 Å². The molecule has 1 aliphatic rings. The van der Waals surface area contributed by atoms with Crippen LogP contribution in [0.25, 0.3) is 0 Å². The maximum Gasteiger partial charge on any atom is 0.186 e. The lowest BCUT2D eigenvalue weighted by atomic mass is 10.0. The molecule has 2 unspecified atom stereocenters. The normalized spacial score (nSPS) is 24.1. The van der Waals surface area contributed by atoms with Gasteiger partial charge in [-0.15, -0.1) is 0 Å². The molecule has 3 heteroatoms. The number of para-hydroxylation sites is 1. The topological polar surface area (TPSA) is 46.5 Å². The summed E-state index contributed by atoms with van der Waals surface area (Å²) >= 11 is 0. The smallest absolute Gasteiger partial charge is 0.186 e. The molecular formula is C11H12O3. The molecule has 2 atom stereocenters. The first-order valence-corrected chi connectivity index (χ1v) is 4.70. The van der Waals surface area contributed by atoms with Crippen molar-refractivity contribution in [1.29, 1.82) is 0 Å². The van der Waals surface area contributed by atoms with Crippen LogP contribution in [-0.4, -0.2) is 17.0 Å². The van der Waals surface area contributed by atoms with Gasteiger partial charge in [0.05, 0.1) is 0 Å². The van der Waals surface area contributed by atoms with Crippen molar-refractivity contribution in [2.24, 2.45) is 0 Å². The summed E-state index contributed by atoms with van der Waals surface area (Å²) in [5.41, 5.74) is 0.708. The summed E-state index contributed by atoms with van der Waals surface area (Å²) < 4.78 is 5.37. The van der Waals surface area contributed by atoms with E-state index >= 15 is 0 Å². The van der Waals surface area contributed by atoms with Gasteiger partial charge in [0.2, 0.25) is 0 Å². The molecule has 14 heavy (non-hydrogen) atoms. The van der Waals surface area contributed by atoms with Crippen molar-refractivity contribution in [1.82, 2.24) is 0 Å². The molecule has 0 radical (unpaired) electrons. The zero-order chi connectivity index (χ0) is 10.1. The molecule has 1 aromatic carbocycles. The average Bonchev–Trinajstić information content (AvgIpc) is 2.56. The highest BCUT2D eigenvalue weighted by Gasteiger charge is 2.36. The number of aliphatic hydroxyl groups is 1. The van der Waals surface area contributed by atoms with E-state index in [9.17, 15) is 9.90 Å². The summed E-state index contributed by atoms with van der Waals surface area (Å²) in [6, 6.07) is 7.19. The van der Waals surface area contributed by atoms with Gasteiger partial charge in [-0.25, -0.2) is 0 Å².